The van der Waals surface area contributed by atoms with Crippen LogP contribution in [0.3, 0.4) is 0 Å². The summed E-state index contributed by atoms with van der Waals surface area (Å²) >= 11 is 5.98. The molecule has 0 radical (unpaired) electrons. The highest BCUT2D eigenvalue weighted by atomic mass is 35.5. The van der Waals surface area contributed by atoms with E-state index < -0.39 is 28.5 Å². The molecule has 0 aliphatic heterocycles. The lowest BCUT2D eigenvalue weighted by Gasteiger charge is -2.32. The molecule has 3 aromatic rings. The monoisotopic (exact) mass is 571 g/mol. The molecule has 208 valence electrons. The number of sulfonamides is 1. The number of ether oxygens (including phenoxy) is 1. The third-order valence-corrected chi connectivity index (χ3v) is 8.45. The summed E-state index contributed by atoms with van der Waals surface area (Å²) in [7, 11) is -2.58. The second-order valence-electron chi connectivity index (χ2n) is 9.16. The number of amides is 2. The molecule has 0 fully saturated rings. The molecule has 0 heterocycles. The van der Waals surface area contributed by atoms with Gasteiger partial charge in [0.2, 0.25) is 11.8 Å². The van der Waals surface area contributed by atoms with Crippen LogP contribution in [0, 0.1) is 0 Å². The van der Waals surface area contributed by atoms with Crippen molar-refractivity contribution in [1.82, 2.24) is 10.2 Å². The Morgan fingerprint density at radius 3 is 2.13 bits per heavy atom. The van der Waals surface area contributed by atoms with Crippen LogP contribution in [0.25, 0.3) is 0 Å². The van der Waals surface area contributed by atoms with Crippen LogP contribution in [0.5, 0.6) is 5.75 Å². The lowest BCUT2D eigenvalue weighted by atomic mass is 10.1. The Morgan fingerprint density at radius 2 is 1.56 bits per heavy atom. The number of carbonyl (C=O) groups excluding carboxylic acids is 2. The first-order valence-electron chi connectivity index (χ1n) is 12.6. The fraction of sp³-hybridized carbons (Fsp3) is 0.310. The van der Waals surface area contributed by atoms with Crippen LogP contribution in [0.2, 0.25) is 5.02 Å². The molecule has 0 bridgehead atoms. The minimum Gasteiger partial charge on any atom is -0.497 e. The summed E-state index contributed by atoms with van der Waals surface area (Å²) in [6.07, 6.45) is 0.728. The Kier molecular flexibility index (Phi) is 10.4. The number of nitrogens with one attached hydrogen (secondary N) is 1. The molecule has 0 aliphatic rings. The van der Waals surface area contributed by atoms with Crippen LogP contribution in [-0.4, -0.2) is 50.9 Å². The van der Waals surface area contributed by atoms with Gasteiger partial charge in [0.05, 0.1) is 17.7 Å². The van der Waals surface area contributed by atoms with Crippen LogP contribution < -0.4 is 14.4 Å². The van der Waals surface area contributed by atoms with E-state index >= 15 is 0 Å². The van der Waals surface area contributed by atoms with E-state index in [1.165, 1.54) is 29.2 Å². The third kappa shape index (κ3) is 7.74. The van der Waals surface area contributed by atoms with Crippen molar-refractivity contribution in [3.8, 4) is 5.75 Å². The largest absolute Gasteiger partial charge is 0.497 e. The highest BCUT2D eigenvalue weighted by Crippen LogP contribution is 2.25. The fourth-order valence-corrected chi connectivity index (χ4v) is 5.37. The maximum atomic E-state index is 13.9. The quantitative estimate of drug-likeness (QED) is 0.334. The van der Waals surface area contributed by atoms with Crippen molar-refractivity contribution in [2.75, 3.05) is 18.0 Å². The van der Waals surface area contributed by atoms with Gasteiger partial charge in [-0.25, -0.2) is 8.42 Å². The van der Waals surface area contributed by atoms with Gasteiger partial charge in [0, 0.05) is 17.6 Å². The first-order valence-corrected chi connectivity index (χ1v) is 14.4. The highest BCUT2D eigenvalue weighted by Gasteiger charge is 2.32. The second kappa shape index (κ2) is 13.5. The van der Waals surface area contributed by atoms with Crippen LogP contribution in [0.4, 0.5) is 5.69 Å². The van der Waals surface area contributed by atoms with Crippen LogP contribution in [0.15, 0.2) is 83.8 Å². The minimum absolute atomic E-state index is 0.00665. The summed E-state index contributed by atoms with van der Waals surface area (Å²) in [6.45, 7) is 5.07. The average Bonchev–Trinajstić information content (AvgIpc) is 2.94. The van der Waals surface area contributed by atoms with Crippen molar-refractivity contribution in [3.05, 3.63) is 89.4 Å². The predicted molar refractivity (Wildman–Crippen MR) is 153 cm³/mol. The van der Waals surface area contributed by atoms with Crippen LogP contribution in [0.1, 0.15) is 32.8 Å². The van der Waals surface area contributed by atoms with Crippen molar-refractivity contribution in [2.45, 2.75) is 50.7 Å². The molecule has 0 spiro atoms. The maximum Gasteiger partial charge on any atom is 0.264 e. The van der Waals surface area contributed by atoms with Crippen molar-refractivity contribution in [1.29, 1.82) is 0 Å². The molecule has 0 saturated carbocycles. The fourth-order valence-electron chi connectivity index (χ4n) is 3.83. The van der Waals surface area contributed by atoms with Gasteiger partial charge in [0.15, 0.2) is 0 Å². The van der Waals surface area contributed by atoms with E-state index in [1.54, 1.807) is 68.6 Å². The molecule has 0 aromatic heterocycles. The van der Waals surface area contributed by atoms with Gasteiger partial charge >= 0.3 is 0 Å². The summed E-state index contributed by atoms with van der Waals surface area (Å²) < 4.78 is 33.8. The number of benzene rings is 3. The Bertz CT molecular complexity index is 1350. The van der Waals surface area contributed by atoms with E-state index in [2.05, 4.69) is 5.32 Å². The van der Waals surface area contributed by atoms with E-state index in [1.807, 2.05) is 13.8 Å². The topological polar surface area (TPSA) is 96.0 Å². The predicted octanol–water partition coefficient (Wildman–Crippen LogP) is 4.88. The van der Waals surface area contributed by atoms with Crippen LogP contribution in [-0.2, 0) is 26.2 Å². The van der Waals surface area contributed by atoms with Crippen molar-refractivity contribution in [3.63, 3.8) is 0 Å². The van der Waals surface area contributed by atoms with Crippen LogP contribution >= 0.6 is 11.6 Å². The number of methoxy groups -OCH3 is 1. The zero-order valence-corrected chi connectivity index (χ0v) is 24.1. The summed E-state index contributed by atoms with van der Waals surface area (Å²) in [5.41, 5.74) is 1.08. The van der Waals surface area contributed by atoms with Gasteiger partial charge in [0.25, 0.3) is 10.0 Å². The molecular weight excluding hydrogens is 538 g/mol. The summed E-state index contributed by atoms with van der Waals surface area (Å²) in [5, 5.41) is 3.31. The van der Waals surface area contributed by atoms with Crippen molar-refractivity contribution >= 4 is 39.1 Å². The molecule has 2 atom stereocenters. The van der Waals surface area contributed by atoms with Gasteiger partial charge in [-0.15, -0.1) is 0 Å². The number of hydrogen-bond acceptors (Lipinski definition) is 5. The number of anilines is 1. The molecule has 3 aromatic carbocycles. The van der Waals surface area contributed by atoms with E-state index in [0.717, 1.165) is 16.3 Å². The molecule has 1 N–H and O–H groups in total. The Morgan fingerprint density at radius 1 is 0.949 bits per heavy atom. The standard InChI is InChI=1S/C29H34ClN3O5S/c1-5-21(2)31-29(35)22(3)32(19-23-11-15-26(38-4)16-12-23)28(34)20-33(25-9-7-6-8-10-25)39(36,37)27-17-13-24(30)14-18-27/h6-18,21-22H,5,19-20H2,1-4H3,(H,31,35)/t21-,22+/m0/s1. The normalized spacial score (nSPS) is 12.7. The molecule has 0 saturated heterocycles. The Balaban J connectivity index is 1.99. The Labute approximate surface area is 235 Å². The van der Waals surface area contributed by atoms with Gasteiger partial charge in [-0.1, -0.05) is 48.9 Å². The van der Waals surface area contributed by atoms with Crippen molar-refractivity contribution in [2.24, 2.45) is 0 Å². The number of hydrogen-bond donors (Lipinski definition) is 1. The molecule has 2 amide bonds. The third-order valence-electron chi connectivity index (χ3n) is 6.40. The molecule has 0 aliphatic carbocycles. The molecule has 39 heavy (non-hydrogen) atoms. The van der Waals surface area contributed by atoms with Gasteiger partial charge in [-0.3, -0.25) is 13.9 Å². The lowest BCUT2D eigenvalue weighted by Crippen LogP contribution is -2.52. The second-order valence-corrected chi connectivity index (χ2v) is 11.5. The van der Waals surface area contributed by atoms with E-state index in [0.29, 0.717) is 16.5 Å². The smallest absolute Gasteiger partial charge is 0.264 e. The highest BCUT2D eigenvalue weighted by molar-refractivity contribution is 7.92. The van der Waals surface area contributed by atoms with Gasteiger partial charge in [0.1, 0.15) is 18.3 Å². The van der Waals surface area contributed by atoms with E-state index in [4.69, 9.17) is 16.3 Å². The minimum atomic E-state index is -4.14. The summed E-state index contributed by atoms with van der Waals surface area (Å²) in [5.74, 6) is -0.194. The van der Waals surface area contributed by atoms with E-state index in [9.17, 15) is 18.0 Å². The number of halogens is 1. The summed E-state index contributed by atoms with van der Waals surface area (Å²) in [4.78, 5) is 28.4. The molecular formula is C29H34ClN3O5S. The lowest BCUT2D eigenvalue weighted by molar-refractivity contribution is -0.139. The molecule has 3 rings (SSSR count). The van der Waals surface area contributed by atoms with Gasteiger partial charge < -0.3 is 15.0 Å². The van der Waals surface area contributed by atoms with E-state index in [-0.39, 0.29) is 23.4 Å². The number of rotatable bonds is 12. The number of nitrogens with zero attached hydrogens (tertiary/aromatic N) is 2. The zero-order chi connectivity index (χ0) is 28.6. The molecule has 10 heteroatoms. The first-order chi connectivity index (χ1) is 18.6. The van der Waals surface area contributed by atoms with Gasteiger partial charge in [-0.05, 0) is 74.4 Å². The molecule has 0 unspecified atom stereocenters. The first kappa shape index (κ1) is 30.0. The Hall–Kier alpha value is -3.56. The number of para-hydroxylation sites is 1. The number of carbonyl (C=O) groups is 2. The molecule has 8 nitrogen and oxygen atoms in total. The van der Waals surface area contributed by atoms with Gasteiger partial charge in [-0.2, -0.15) is 0 Å². The van der Waals surface area contributed by atoms with Crippen molar-refractivity contribution < 1.29 is 22.7 Å². The maximum absolute atomic E-state index is 13.9. The average molecular weight is 572 g/mol. The zero-order valence-electron chi connectivity index (χ0n) is 22.5. The SMILES string of the molecule is CC[C@H](C)NC(=O)[C@@H](C)N(Cc1ccc(OC)cc1)C(=O)CN(c1ccccc1)S(=O)(=O)c1ccc(Cl)cc1. The summed E-state index contributed by atoms with van der Waals surface area (Å²) in [6, 6.07) is 20.4.